The van der Waals surface area contributed by atoms with Crippen molar-refractivity contribution in [3.8, 4) is 22.6 Å². The molecule has 5 rings (SSSR count). The lowest BCUT2D eigenvalue weighted by atomic mass is 10.1. The second-order valence-corrected chi connectivity index (χ2v) is 6.92. The highest BCUT2D eigenvalue weighted by Crippen LogP contribution is 2.23. The molecule has 0 fully saturated rings. The second kappa shape index (κ2) is 7.29. The number of rotatable bonds is 4. The van der Waals surface area contributed by atoms with Gasteiger partial charge >= 0.3 is 0 Å². The van der Waals surface area contributed by atoms with Crippen LogP contribution in [0.3, 0.4) is 0 Å². The van der Waals surface area contributed by atoms with Crippen molar-refractivity contribution >= 4 is 17.2 Å². The lowest BCUT2D eigenvalue weighted by molar-refractivity contribution is 0.102. The number of hydrogen-bond acceptors (Lipinski definition) is 4. The fraction of sp³-hybridized carbons (Fsp3) is 0.0435. The van der Waals surface area contributed by atoms with Crippen LogP contribution in [-0.4, -0.2) is 30.1 Å². The summed E-state index contributed by atoms with van der Waals surface area (Å²) in [5.41, 5.74) is 4.28. The number of fused-ring (bicyclic) bond motifs is 1. The number of aryl methyl sites for hydroxylation is 1. The Hall–Kier alpha value is -4.26. The molecule has 2 aromatic carbocycles. The van der Waals surface area contributed by atoms with Crippen LogP contribution in [0.5, 0.6) is 0 Å². The van der Waals surface area contributed by atoms with E-state index < -0.39 is 0 Å². The normalized spacial score (nSPS) is 11.0. The quantitative estimate of drug-likeness (QED) is 0.499. The van der Waals surface area contributed by atoms with E-state index in [0.717, 1.165) is 28.2 Å². The zero-order chi connectivity index (χ0) is 20.5. The van der Waals surface area contributed by atoms with Crippen LogP contribution in [0, 0.1) is 0 Å². The van der Waals surface area contributed by atoms with Gasteiger partial charge < -0.3 is 5.32 Å². The number of carbonyl (C=O) groups excluding carboxylic acids is 1. The van der Waals surface area contributed by atoms with Crippen molar-refractivity contribution in [1.82, 2.24) is 24.1 Å². The van der Waals surface area contributed by atoms with Crippen molar-refractivity contribution < 1.29 is 4.79 Å². The number of hydrogen-bond donors (Lipinski definition) is 1. The van der Waals surface area contributed by atoms with Crippen LogP contribution in [0.4, 0.5) is 5.82 Å². The van der Waals surface area contributed by atoms with E-state index >= 15 is 0 Å². The van der Waals surface area contributed by atoms with E-state index in [-0.39, 0.29) is 5.91 Å². The summed E-state index contributed by atoms with van der Waals surface area (Å²) in [7, 11) is 1.80. The minimum atomic E-state index is -0.205. The van der Waals surface area contributed by atoms with Crippen molar-refractivity contribution in [3.63, 3.8) is 0 Å². The van der Waals surface area contributed by atoms with Gasteiger partial charge in [-0.2, -0.15) is 5.10 Å². The summed E-state index contributed by atoms with van der Waals surface area (Å²) >= 11 is 0. The molecule has 0 aliphatic rings. The summed E-state index contributed by atoms with van der Waals surface area (Å²) in [6, 6.07) is 19.1. The van der Waals surface area contributed by atoms with E-state index in [1.165, 1.54) is 0 Å². The van der Waals surface area contributed by atoms with Crippen LogP contribution in [0.15, 0.2) is 85.5 Å². The van der Waals surface area contributed by atoms with Crippen LogP contribution >= 0.6 is 0 Å². The Bertz CT molecular complexity index is 1340. The molecule has 1 N–H and O–H groups in total. The molecule has 1 amide bonds. The first-order valence-electron chi connectivity index (χ1n) is 9.47. The molecule has 7 heteroatoms. The standard InChI is InChI=1S/C23H18N6O/c1-28-12-11-21(27-28)26-23(30)18-9-7-17(8-10-18)22-25-14-19-13-24-20(15-29(19)22)16-5-3-2-4-6-16/h2-15H,1H3,(H,26,27,30). The SMILES string of the molecule is Cn1ccc(NC(=O)c2ccc(-c3ncc4cnc(-c5ccccc5)cn34)cc2)n1. The summed E-state index contributed by atoms with van der Waals surface area (Å²) in [6.45, 7) is 0. The molecule has 0 aliphatic carbocycles. The van der Waals surface area contributed by atoms with Gasteiger partial charge in [0.2, 0.25) is 0 Å². The van der Waals surface area contributed by atoms with Gasteiger partial charge in [0.05, 0.1) is 23.6 Å². The number of anilines is 1. The molecule has 0 bridgehead atoms. The number of nitrogens with one attached hydrogen (secondary N) is 1. The molecule has 0 unspecified atom stereocenters. The maximum Gasteiger partial charge on any atom is 0.256 e. The van der Waals surface area contributed by atoms with E-state index in [1.807, 2.05) is 59.3 Å². The number of amides is 1. The van der Waals surface area contributed by atoms with Crippen molar-refractivity contribution in [2.24, 2.45) is 7.05 Å². The van der Waals surface area contributed by atoms with Gasteiger partial charge in [0.15, 0.2) is 5.82 Å². The molecule has 30 heavy (non-hydrogen) atoms. The summed E-state index contributed by atoms with van der Waals surface area (Å²) in [4.78, 5) is 21.5. The zero-order valence-corrected chi connectivity index (χ0v) is 16.2. The molecular formula is C23H18N6O. The summed E-state index contributed by atoms with van der Waals surface area (Å²) in [5.74, 6) is 1.11. The van der Waals surface area contributed by atoms with Crippen molar-refractivity contribution in [3.05, 3.63) is 91.0 Å². The van der Waals surface area contributed by atoms with Gasteiger partial charge in [-0.15, -0.1) is 0 Å². The molecule has 3 aromatic heterocycles. The molecule has 0 atom stereocenters. The third-order valence-corrected chi connectivity index (χ3v) is 4.84. The molecule has 146 valence electrons. The zero-order valence-electron chi connectivity index (χ0n) is 16.2. The highest BCUT2D eigenvalue weighted by Gasteiger charge is 2.11. The predicted molar refractivity (Wildman–Crippen MR) is 115 cm³/mol. The average Bonchev–Trinajstić information content (AvgIpc) is 3.40. The Labute approximate surface area is 172 Å². The summed E-state index contributed by atoms with van der Waals surface area (Å²) in [6.07, 6.45) is 7.36. The fourth-order valence-corrected chi connectivity index (χ4v) is 3.31. The van der Waals surface area contributed by atoms with Gasteiger partial charge in [-0.3, -0.25) is 18.9 Å². The topological polar surface area (TPSA) is 77.1 Å². The average molecular weight is 394 g/mol. The highest BCUT2D eigenvalue weighted by atomic mass is 16.1. The lowest BCUT2D eigenvalue weighted by Gasteiger charge is -2.06. The molecule has 0 aliphatic heterocycles. The molecule has 0 saturated heterocycles. The molecule has 7 nitrogen and oxygen atoms in total. The Morgan fingerprint density at radius 2 is 1.67 bits per heavy atom. The number of aromatic nitrogens is 5. The van der Waals surface area contributed by atoms with E-state index in [1.54, 1.807) is 42.3 Å². The second-order valence-electron chi connectivity index (χ2n) is 6.92. The van der Waals surface area contributed by atoms with Crippen LogP contribution in [0.1, 0.15) is 10.4 Å². The Balaban J connectivity index is 1.44. The third-order valence-electron chi connectivity index (χ3n) is 4.84. The molecular weight excluding hydrogens is 376 g/mol. The summed E-state index contributed by atoms with van der Waals surface area (Å²) in [5, 5.41) is 6.96. The van der Waals surface area contributed by atoms with Gasteiger partial charge in [0.1, 0.15) is 5.82 Å². The molecule has 5 aromatic rings. The van der Waals surface area contributed by atoms with Gasteiger partial charge in [-0.1, -0.05) is 42.5 Å². The van der Waals surface area contributed by atoms with E-state index in [2.05, 4.69) is 20.4 Å². The number of benzene rings is 2. The number of carbonyl (C=O) groups is 1. The van der Waals surface area contributed by atoms with Gasteiger partial charge in [0.25, 0.3) is 5.91 Å². The van der Waals surface area contributed by atoms with E-state index in [4.69, 9.17) is 0 Å². The number of nitrogens with zero attached hydrogens (tertiary/aromatic N) is 5. The predicted octanol–water partition coefficient (Wildman–Crippen LogP) is 4.05. The molecule has 0 radical (unpaired) electrons. The van der Waals surface area contributed by atoms with E-state index in [0.29, 0.717) is 11.4 Å². The minimum Gasteiger partial charge on any atom is -0.305 e. The lowest BCUT2D eigenvalue weighted by Crippen LogP contribution is -2.12. The first-order chi connectivity index (χ1) is 14.7. The third kappa shape index (κ3) is 3.33. The molecule has 0 saturated carbocycles. The first kappa shape index (κ1) is 17.8. The van der Waals surface area contributed by atoms with Gasteiger partial charge in [-0.05, 0) is 12.1 Å². The Kier molecular flexibility index (Phi) is 4.33. The monoisotopic (exact) mass is 394 g/mol. The molecule has 0 spiro atoms. The van der Waals surface area contributed by atoms with E-state index in [9.17, 15) is 4.79 Å². The van der Waals surface area contributed by atoms with Crippen LogP contribution in [0.25, 0.3) is 28.2 Å². The maximum atomic E-state index is 12.4. The molecule has 3 heterocycles. The van der Waals surface area contributed by atoms with Gasteiger partial charge in [0, 0.05) is 42.2 Å². The summed E-state index contributed by atoms with van der Waals surface area (Å²) < 4.78 is 3.65. The first-order valence-corrected chi connectivity index (χ1v) is 9.47. The van der Waals surface area contributed by atoms with Crippen LogP contribution in [0.2, 0.25) is 0 Å². The maximum absolute atomic E-state index is 12.4. The fourth-order valence-electron chi connectivity index (χ4n) is 3.31. The highest BCUT2D eigenvalue weighted by molar-refractivity contribution is 6.03. The van der Waals surface area contributed by atoms with Crippen LogP contribution in [-0.2, 0) is 7.05 Å². The Morgan fingerprint density at radius 3 is 2.40 bits per heavy atom. The van der Waals surface area contributed by atoms with Crippen molar-refractivity contribution in [2.45, 2.75) is 0 Å². The van der Waals surface area contributed by atoms with Crippen LogP contribution < -0.4 is 5.32 Å². The van der Waals surface area contributed by atoms with Crippen molar-refractivity contribution in [1.29, 1.82) is 0 Å². The van der Waals surface area contributed by atoms with Gasteiger partial charge in [-0.25, -0.2) is 4.98 Å². The largest absolute Gasteiger partial charge is 0.305 e. The Morgan fingerprint density at radius 1 is 0.900 bits per heavy atom. The van der Waals surface area contributed by atoms with Crippen molar-refractivity contribution in [2.75, 3.05) is 5.32 Å². The number of imidazole rings is 1. The minimum absolute atomic E-state index is 0.205. The smallest absolute Gasteiger partial charge is 0.256 e.